The van der Waals surface area contributed by atoms with E-state index in [1.54, 1.807) is 17.7 Å². The quantitative estimate of drug-likeness (QED) is 0.659. The molecule has 3 nitrogen and oxygen atoms in total. The molecule has 0 atom stereocenters. The number of nitrogens with one attached hydrogen (secondary N) is 1. The van der Waals surface area contributed by atoms with Crippen LogP contribution in [0.3, 0.4) is 0 Å². The van der Waals surface area contributed by atoms with Gasteiger partial charge in [-0.05, 0) is 13.3 Å². The van der Waals surface area contributed by atoms with Crippen molar-refractivity contribution in [3.63, 3.8) is 0 Å². The van der Waals surface area contributed by atoms with E-state index >= 15 is 0 Å². The van der Waals surface area contributed by atoms with Crippen molar-refractivity contribution in [1.82, 2.24) is 9.55 Å². The van der Waals surface area contributed by atoms with Crippen LogP contribution >= 0.6 is 0 Å². The summed E-state index contributed by atoms with van der Waals surface area (Å²) in [6.45, 7) is 4.30. The van der Waals surface area contributed by atoms with Crippen LogP contribution in [-0.2, 0) is 6.54 Å². The van der Waals surface area contributed by atoms with Gasteiger partial charge in [-0.3, -0.25) is 0 Å². The van der Waals surface area contributed by atoms with E-state index in [2.05, 4.69) is 10.3 Å². The van der Waals surface area contributed by atoms with Crippen LogP contribution in [0.2, 0.25) is 0 Å². The van der Waals surface area contributed by atoms with Crippen LogP contribution in [0.1, 0.15) is 25.5 Å². The van der Waals surface area contributed by atoms with Crippen LogP contribution in [0, 0.1) is 30.2 Å². The summed E-state index contributed by atoms with van der Waals surface area (Å²) in [5.74, 6) is -5.73. The molecule has 0 saturated heterocycles. The van der Waals surface area contributed by atoms with Crippen molar-refractivity contribution in [3.8, 4) is 0 Å². The Morgan fingerprint density at radius 3 is 2.33 bits per heavy atom. The molecule has 1 heterocycles. The summed E-state index contributed by atoms with van der Waals surface area (Å²) in [4.78, 5) is 4.07. The largest absolute Gasteiger partial charge is 0.321 e. The van der Waals surface area contributed by atoms with Gasteiger partial charge in [0.15, 0.2) is 23.3 Å². The van der Waals surface area contributed by atoms with E-state index in [0.29, 0.717) is 12.2 Å². The molecule has 0 bridgehead atoms. The van der Waals surface area contributed by atoms with Crippen molar-refractivity contribution in [1.29, 1.82) is 0 Å². The number of benzene rings is 1. The fourth-order valence-corrected chi connectivity index (χ4v) is 1.94. The summed E-state index contributed by atoms with van der Waals surface area (Å²) in [6, 6.07) is 0.171. The second kappa shape index (κ2) is 6.15. The lowest BCUT2D eigenvalue weighted by Gasteiger charge is -2.11. The highest BCUT2D eigenvalue weighted by Gasteiger charge is 2.20. The maximum absolute atomic E-state index is 13.6. The zero-order valence-corrected chi connectivity index (χ0v) is 11.7. The first-order chi connectivity index (χ1) is 9.93. The molecule has 0 radical (unpaired) electrons. The molecule has 0 amide bonds. The second-order valence-corrected chi connectivity index (χ2v) is 4.72. The SMILES string of the molecule is CCCCn1cc(C)nc1Nc1c(F)c(F)cc(F)c1F. The summed E-state index contributed by atoms with van der Waals surface area (Å²) in [7, 11) is 0. The van der Waals surface area contributed by atoms with E-state index in [1.165, 1.54) is 0 Å². The molecule has 0 unspecified atom stereocenters. The Kier molecular flexibility index (Phi) is 4.50. The molecule has 0 aliphatic carbocycles. The molecule has 0 aliphatic rings. The smallest absolute Gasteiger partial charge is 0.207 e. The number of halogens is 4. The number of hydrogen-bond donors (Lipinski definition) is 1. The molecule has 0 spiro atoms. The number of hydrogen-bond acceptors (Lipinski definition) is 2. The Hall–Kier alpha value is -2.05. The predicted octanol–water partition coefficient (Wildman–Crippen LogP) is 4.29. The van der Waals surface area contributed by atoms with Gasteiger partial charge in [0.25, 0.3) is 0 Å². The normalized spacial score (nSPS) is 11.0. The fraction of sp³-hybridized carbons (Fsp3) is 0.357. The van der Waals surface area contributed by atoms with Crippen molar-refractivity contribution >= 4 is 11.6 Å². The molecule has 2 rings (SSSR count). The third kappa shape index (κ3) is 3.17. The number of nitrogens with zero attached hydrogens (tertiary/aromatic N) is 2. The first-order valence-corrected chi connectivity index (χ1v) is 6.57. The Morgan fingerprint density at radius 2 is 1.76 bits per heavy atom. The first kappa shape index (κ1) is 15.3. The Morgan fingerprint density at radius 1 is 1.14 bits per heavy atom. The van der Waals surface area contributed by atoms with Gasteiger partial charge in [0, 0.05) is 18.8 Å². The van der Waals surface area contributed by atoms with Crippen LogP contribution in [-0.4, -0.2) is 9.55 Å². The molecule has 7 heteroatoms. The van der Waals surface area contributed by atoms with Gasteiger partial charge >= 0.3 is 0 Å². The van der Waals surface area contributed by atoms with Crippen molar-refractivity contribution in [2.75, 3.05) is 5.32 Å². The highest BCUT2D eigenvalue weighted by atomic mass is 19.2. The van der Waals surface area contributed by atoms with Gasteiger partial charge in [-0.15, -0.1) is 0 Å². The average molecular weight is 301 g/mol. The van der Waals surface area contributed by atoms with E-state index in [-0.39, 0.29) is 12.0 Å². The van der Waals surface area contributed by atoms with E-state index in [0.717, 1.165) is 12.8 Å². The predicted molar refractivity (Wildman–Crippen MR) is 71.4 cm³/mol. The Bertz CT molecular complexity index is 626. The van der Waals surface area contributed by atoms with Crippen LogP contribution < -0.4 is 5.32 Å². The first-order valence-electron chi connectivity index (χ1n) is 6.57. The molecule has 21 heavy (non-hydrogen) atoms. The van der Waals surface area contributed by atoms with Gasteiger partial charge in [-0.2, -0.15) is 0 Å². The topological polar surface area (TPSA) is 29.9 Å². The average Bonchev–Trinajstić information content (AvgIpc) is 2.79. The van der Waals surface area contributed by atoms with E-state index < -0.39 is 29.0 Å². The van der Waals surface area contributed by atoms with Crippen LogP contribution in [0.4, 0.5) is 29.2 Å². The molecule has 0 aliphatic heterocycles. The van der Waals surface area contributed by atoms with Gasteiger partial charge < -0.3 is 9.88 Å². The summed E-state index contributed by atoms with van der Waals surface area (Å²) < 4.78 is 55.3. The minimum atomic E-state index is -1.48. The maximum atomic E-state index is 13.6. The summed E-state index contributed by atoms with van der Waals surface area (Å²) in [5.41, 5.74) is -0.248. The summed E-state index contributed by atoms with van der Waals surface area (Å²) in [6.07, 6.45) is 3.46. The lowest BCUT2D eigenvalue weighted by molar-refractivity contribution is 0.459. The molecule has 1 aromatic carbocycles. The number of aromatic nitrogens is 2. The van der Waals surface area contributed by atoms with Crippen LogP contribution in [0.15, 0.2) is 12.3 Å². The molecule has 114 valence electrons. The zero-order chi connectivity index (χ0) is 15.6. The number of rotatable bonds is 5. The number of aryl methyl sites for hydroxylation is 2. The molecule has 2 aromatic rings. The number of imidazole rings is 1. The second-order valence-electron chi connectivity index (χ2n) is 4.72. The minimum Gasteiger partial charge on any atom is -0.321 e. The van der Waals surface area contributed by atoms with E-state index in [9.17, 15) is 17.6 Å². The molecular formula is C14H15F4N3. The van der Waals surface area contributed by atoms with Crippen LogP contribution in [0.5, 0.6) is 0 Å². The molecule has 1 aromatic heterocycles. The molecule has 0 saturated carbocycles. The van der Waals surface area contributed by atoms with Gasteiger partial charge in [-0.25, -0.2) is 22.5 Å². The molecule has 1 N–H and O–H groups in total. The number of anilines is 2. The summed E-state index contributed by atoms with van der Waals surface area (Å²) in [5, 5.41) is 2.34. The Balaban J connectivity index is 2.39. The van der Waals surface area contributed by atoms with E-state index in [1.807, 2.05) is 6.92 Å². The van der Waals surface area contributed by atoms with Crippen molar-refractivity contribution in [2.45, 2.75) is 33.2 Å². The molecule has 0 fully saturated rings. The summed E-state index contributed by atoms with van der Waals surface area (Å²) >= 11 is 0. The van der Waals surface area contributed by atoms with Gasteiger partial charge in [0.2, 0.25) is 5.95 Å². The monoisotopic (exact) mass is 301 g/mol. The van der Waals surface area contributed by atoms with Gasteiger partial charge in [0.05, 0.1) is 5.69 Å². The third-order valence-electron chi connectivity index (χ3n) is 3.00. The maximum Gasteiger partial charge on any atom is 0.207 e. The highest BCUT2D eigenvalue weighted by molar-refractivity contribution is 5.56. The molecular weight excluding hydrogens is 286 g/mol. The van der Waals surface area contributed by atoms with Gasteiger partial charge in [0.1, 0.15) is 5.69 Å². The standard InChI is InChI=1S/C14H15F4N3/c1-3-4-5-21-7-8(2)19-14(21)20-13-11(17)9(15)6-10(16)12(13)18/h6-7H,3-5H2,1-2H3,(H,19,20). The van der Waals surface area contributed by atoms with E-state index in [4.69, 9.17) is 0 Å². The minimum absolute atomic E-state index is 0.142. The number of unbranched alkanes of at least 4 members (excludes halogenated alkanes) is 1. The van der Waals surface area contributed by atoms with Crippen molar-refractivity contribution in [2.24, 2.45) is 0 Å². The highest BCUT2D eigenvalue weighted by Crippen LogP contribution is 2.27. The zero-order valence-electron chi connectivity index (χ0n) is 11.7. The lowest BCUT2D eigenvalue weighted by atomic mass is 10.2. The van der Waals surface area contributed by atoms with Crippen molar-refractivity contribution in [3.05, 3.63) is 41.2 Å². The van der Waals surface area contributed by atoms with Gasteiger partial charge in [-0.1, -0.05) is 13.3 Å². The van der Waals surface area contributed by atoms with Crippen LogP contribution in [0.25, 0.3) is 0 Å². The lowest BCUT2D eigenvalue weighted by Crippen LogP contribution is -2.08. The Labute approximate surface area is 119 Å². The van der Waals surface area contributed by atoms with Crippen molar-refractivity contribution < 1.29 is 17.6 Å². The third-order valence-corrected chi connectivity index (χ3v) is 3.00. The fourth-order valence-electron chi connectivity index (χ4n) is 1.94.